The molecular weight excluding hydrogens is 408 g/mol. The number of urea groups is 1. The Balaban J connectivity index is 1.60. The first-order valence-electron chi connectivity index (χ1n) is 11.4. The van der Waals surface area contributed by atoms with Gasteiger partial charge in [-0.1, -0.05) is 18.9 Å². The van der Waals surface area contributed by atoms with E-state index in [4.69, 9.17) is 14.7 Å². The van der Waals surface area contributed by atoms with E-state index in [2.05, 4.69) is 15.2 Å². The van der Waals surface area contributed by atoms with E-state index in [1.165, 1.54) is 12.8 Å². The maximum Gasteiger partial charge on any atom is 0.325 e. The van der Waals surface area contributed by atoms with Crippen LogP contribution in [0.5, 0.6) is 0 Å². The number of carbonyl (C=O) groups excluding carboxylic acids is 2. The molecule has 2 aromatic heterocycles. The van der Waals surface area contributed by atoms with Crippen LogP contribution < -0.4 is 10.2 Å². The van der Waals surface area contributed by atoms with Gasteiger partial charge < -0.3 is 19.9 Å². The van der Waals surface area contributed by atoms with Gasteiger partial charge >= 0.3 is 12.0 Å². The monoisotopic (exact) mass is 438 g/mol. The number of fused-ring (bicyclic) bond motifs is 1. The van der Waals surface area contributed by atoms with Crippen LogP contribution in [-0.2, 0) is 22.5 Å². The smallest absolute Gasteiger partial charge is 0.325 e. The lowest BCUT2D eigenvalue weighted by molar-refractivity contribution is -0.141. The van der Waals surface area contributed by atoms with Crippen molar-refractivity contribution in [1.29, 1.82) is 0 Å². The van der Waals surface area contributed by atoms with E-state index < -0.39 is 5.97 Å². The van der Waals surface area contributed by atoms with Crippen LogP contribution in [0, 0.1) is 0 Å². The van der Waals surface area contributed by atoms with E-state index in [9.17, 15) is 9.59 Å². The van der Waals surface area contributed by atoms with Crippen LogP contribution in [0.4, 0.5) is 10.6 Å². The number of hydrogen-bond acceptors (Lipinski definition) is 7. The van der Waals surface area contributed by atoms with Gasteiger partial charge in [-0.25, -0.2) is 14.8 Å². The third kappa shape index (κ3) is 5.15. The molecule has 2 amide bonds. The number of amides is 2. The van der Waals surface area contributed by atoms with Gasteiger partial charge in [-0.2, -0.15) is 0 Å². The molecule has 1 saturated heterocycles. The van der Waals surface area contributed by atoms with Crippen molar-refractivity contribution in [2.24, 2.45) is 0 Å². The molecule has 0 spiro atoms. The first-order chi connectivity index (χ1) is 15.7. The van der Waals surface area contributed by atoms with Gasteiger partial charge in [0.25, 0.3) is 0 Å². The highest BCUT2D eigenvalue weighted by Crippen LogP contribution is 2.30. The van der Waals surface area contributed by atoms with Gasteiger partial charge in [0.2, 0.25) is 0 Å². The number of rotatable bonds is 5. The number of ether oxygens (including phenoxy) is 1. The average molecular weight is 439 g/mol. The molecule has 9 heteroatoms. The van der Waals surface area contributed by atoms with E-state index in [0.717, 1.165) is 48.7 Å². The maximum absolute atomic E-state index is 12.7. The van der Waals surface area contributed by atoms with E-state index >= 15 is 0 Å². The number of carbonyl (C=O) groups is 2. The molecular formula is C23H30N6O3. The van der Waals surface area contributed by atoms with Crippen molar-refractivity contribution in [3.63, 3.8) is 0 Å². The largest absolute Gasteiger partial charge is 0.465 e. The minimum absolute atomic E-state index is 0.135. The summed E-state index contributed by atoms with van der Waals surface area (Å²) in [6, 6.07) is 5.46. The first-order valence-corrected chi connectivity index (χ1v) is 11.4. The number of anilines is 1. The zero-order valence-electron chi connectivity index (χ0n) is 18.5. The second-order valence-electron chi connectivity index (χ2n) is 8.05. The Hall–Kier alpha value is -3.23. The minimum Gasteiger partial charge on any atom is -0.465 e. The lowest BCUT2D eigenvalue weighted by atomic mass is 10.1. The zero-order chi connectivity index (χ0) is 22.3. The quantitative estimate of drug-likeness (QED) is 0.716. The van der Waals surface area contributed by atoms with Crippen molar-refractivity contribution in [3.8, 4) is 11.5 Å². The number of esters is 1. The van der Waals surface area contributed by atoms with Crippen molar-refractivity contribution in [2.45, 2.75) is 45.6 Å². The summed E-state index contributed by atoms with van der Waals surface area (Å²) >= 11 is 0. The SMILES string of the molecule is CCOC(=O)CNC(=O)N1CCc2nc(-c3ccccn3)nc(N3CCCCCC3)c2C1. The van der Waals surface area contributed by atoms with Gasteiger partial charge in [-0.05, 0) is 31.9 Å². The molecule has 2 aromatic rings. The highest BCUT2D eigenvalue weighted by Gasteiger charge is 2.28. The molecule has 4 rings (SSSR count). The standard InChI is InChI=1S/C23H30N6O3/c1-2-32-20(30)15-25-23(31)29-14-10-18-17(16-29)22(28-12-7-3-4-8-13-28)27-21(26-18)19-9-5-6-11-24-19/h5-6,9,11H,2-4,7-8,10,12-16H2,1H3,(H,25,31). The van der Waals surface area contributed by atoms with Gasteiger partial charge in [-0.15, -0.1) is 0 Å². The summed E-state index contributed by atoms with van der Waals surface area (Å²) in [5.74, 6) is 1.09. The topological polar surface area (TPSA) is 101 Å². The van der Waals surface area contributed by atoms with E-state index in [1.807, 2.05) is 18.2 Å². The summed E-state index contributed by atoms with van der Waals surface area (Å²) in [5.41, 5.74) is 2.71. The Bertz CT molecular complexity index is 944. The molecule has 170 valence electrons. The number of nitrogens with zero attached hydrogens (tertiary/aromatic N) is 5. The molecule has 0 aromatic carbocycles. The van der Waals surface area contributed by atoms with Gasteiger partial charge in [0, 0.05) is 37.8 Å². The van der Waals surface area contributed by atoms with Crippen LogP contribution in [0.25, 0.3) is 11.5 Å². The normalized spacial score (nSPS) is 16.2. The van der Waals surface area contributed by atoms with Crippen molar-refractivity contribution in [1.82, 2.24) is 25.2 Å². The maximum atomic E-state index is 12.7. The Morgan fingerprint density at radius 3 is 2.62 bits per heavy atom. The summed E-state index contributed by atoms with van der Waals surface area (Å²) in [6.45, 7) is 4.73. The average Bonchev–Trinajstić information content (AvgIpc) is 3.12. The Morgan fingerprint density at radius 2 is 1.91 bits per heavy atom. The molecule has 9 nitrogen and oxygen atoms in total. The molecule has 1 fully saturated rings. The molecule has 0 atom stereocenters. The highest BCUT2D eigenvalue weighted by molar-refractivity contribution is 5.81. The fraction of sp³-hybridized carbons (Fsp3) is 0.522. The summed E-state index contributed by atoms with van der Waals surface area (Å²) in [5, 5.41) is 2.66. The van der Waals surface area contributed by atoms with Gasteiger partial charge in [0.15, 0.2) is 5.82 Å². The lowest BCUT2D eigenvalue weighted by Crippen LogP contribution is -2.45. The van der Waals surface area contributed by atoms with Crippen LogP contribution >= 0.6 is 0 Å². The number of hydrogen-bond donors (Lipinski definition) is 1. The van der Waals surface area contributed by atoms with Crippen LogP contribution in [-0.4, -0.2) is 64.6 Å². The Labute approximate surface area is 188 Å². The first kappa shape index (κ1) is 22.0. The fourth-order valence-corrected chi connectivity index (χ4v) is 4.20. The molecule has 0 aliphatic carbocycles. The molecule has 0 radical (unpaired) electrons. The molecule has 1 N–H and O–H groups in total. The zero-order valence-corrected chi connectivity index (χ0v) is 18.5. The van der Waals surface area contributed by atoms with Gasteiger partial charge in [-0.3, -0.25) is 9.78 Å². The molecule has 4 heterocycles. The number of nitrogens with one attached hydrogen (secondary N) is 1. The molecule has 2 aliphatic rings. The van der Waals surface area contributed by atoms with E-state index in [0.29, 0.717) is 31.9 Å². The summed E-state index contributed by atoms with van der Waals surface area (Å²) < 4.78 is 4.90. The third-order valence-corrected chi connectivity index (χ3v) is 5.81. The predicted octanol–water partition coefficient (Wildman–Crippen LogP) is 2.55. The lowest BCUT2D eigenvalue weighted by Gasteiger charge is -2.32. The van der Waals surface area contributed by atoms with E-state index in [1.54, 1.807) is 18.0 Å². The molecule has 0 saturated carbocycles. The van der Waals surface area contributed by atoms with Crippen molar-refractivity contribution in [3.05, 3.63) is 35.7 Å². The van der Waals surface area contributed by atoms with E-state index in [-0.39, 0.29) is 12.6 Å². The molecule has 0 unspecified atom stereocenters. The molecule has 2 aliphatic heterocycles. The predicted molar refractivity (Wildman–Crippen MR) is 120 cm³/mol. The van der Waals surface area contributed by atoms with Crippen LogP contribution in [0.1, 0.15) is 43.9 Å². The van der Waals surface area contributed by atoms with Crippen molar-refractivity contribution in [2.75, 3.05) is 37.7 Å². The van der Waals surface area contributed by atoms with Crippen LogP contribution in [0.3, 0.4) is 0 Å². The van der Waals surface area contributed by atoms with Crippen molar-refractivity contribution >= 4 is 17.8 Å². The van der Waals surface area contributed by atoms with Crippen molar-refractivity contribution < 1.29 is 14.3 Å². The summed E-state index contributed by atoms with van der Waals surface area (Å²) in [6.07, 6.45) is 7.08. The number of aromatic nitrogens is 3. The Kier molecular flexibility index (Phi) is 7.14. The molecule has 0 bridgehead atoms. The third-order valence-electron chi connectivity index (χ3n) is 5.81. The van der Waals surface area contributed by atoms with Crippen LogP contribution in [0.2, 0.25) is 0 Å². The van der Waals surface area contributed by atoms with Gasteiger partial charge in [0.05, 0.1) is 18.8 Å². The second-order valence-corrected chi connectivity index (χ2v) is 8.05. The summed E-state index contributed by atoms with van der Waals surface area (Å²) in [7, 11) is 0. The van der Waals surface area contributed by atoms with Gasteiger partial charge in [0.1, 0.15) is 18.1 Å². The minimum atomic E-state index is -0.438. The Morgan fingerprint density at radius 1 is 1.09 bits per heavy atom. The fourth-order valence-electron chi connectivity index (χ4n) is 4.20. The number of pyridine rings is 1. The second kappa shape index (κ2) is 10.4. The summed E-state index contributed by atoms with van der Waals surface area (Å²) in [4.78, 5) is 42.5. The molecule has 32 heavy (non-hydrogen) atoms. The highest BCUT2D eigenvalue weighted by atomic mass is 16.5. The van der Waals surface area contributed by atoms with Crippen LogP contribution in [0.15, 0.2) is 24.4 Å².